The molecule has 1 aromatic carbocycles. The molecule has 150 valence electrons. The zero-order valence-electron chi connectivity index (χ0n) is 16.2. The monoisotopic (exact) mass is 387 g/mol. The normalized spacial score (nSPS) is 16.5. The molecule has 2 N–H and O–H groups in total. The summed E-state index contributed by atoms with van der Waals surface area (Å²) in [6, 6.07) is 6.41. The summed E-state index contributed by atoms with van der Waals surface area (Å²) in [7, 11) is 1.42. The molecule has 2 amide bonds. The Morgan fingerprint density at radius 2 is 2.21 bits per heavy atom. The molecule has 1 unspecified atom stereocenters. The van der Waals surface area contributed by atoms with E-state index in [-0.39, 0.29) is 24.4 Å². The summed E-state index contributed by atoms with van der Waals surface area (Å²) in [5, 5.41) is 5.78. The van der Waals surface area contributed by atoms with E-state index in [2.05, 4.69) is 32.4 Å². The predicted molar refractivity (Wildman–Crippen MR) is 105 cm³/mol. The number of anilines is 1. The summed E-state index contributed by atoms with van der Waals surface area (Å²) in [4.78, 5) is 23.0. The maximum atomic E-state index is 13.7. The summed E-state index contributed by atoms with van der Waals surface area (Å²) >= 11 is 0. The number of carbonyl (C=O) groups excluding carboxylic acids is 1. The van der Waals surface area contributed by atoms with Crippen molar-refractivity contribution >= 4 is 11.8 Å². The molecule has 1 saturated heterocycles. The Balaban J connectivity index is 1.51. The van der Waals surface area contributed by atoms with Crippen LogP contribution in [0.25, 0.3) is 0 Å². The van der Waals surface area contributed by atoms with Gasteiger partial charge in [-0.25, -0.2) is 19.2 Å². The molecular formula is C20H26FN5O2. The van der Waals surface area contributed by atoms with Gasteiger partial charge in [0.15, 0.2) is 11.6 Å². The van der Waals surface area contributed by atoms with Gasteiger partial charge in [-0.15, -0.1) is 0 Å². The van der Waals surface area contributed by atoms with Crippen LogP contribution in [0.4, 0.5) is 15.0 Å². The SMILES string of the molecule is CCc1cc(N2CCCC(NC(=O)NCc3ccc(OC)c(F)c3)C2)ncn1. The minimum absolute atomic E-state index is 0.0291. The van der Waals surface area contributed by atoms with Crippen LogP contribution in [-0.2, 0) is 13.0 Å². The molecule has 1 aliphatic heterocycles. The molecule has 28 heavy (non-hydrogen) atoms. The first-order valence-electron chi connectivity index (χ1n) is 9.51. The Labute approximate surface area is 164 Å². The van der Waals surface area contributed by atoms with Crippen LogP contribution in [0.3, 0.4) is 0 Å². The lowest BCUT2D eigenvalue weighted by Crippen LogP contribution is -2.50. The Morgan fingerprint density at radius 1 is 1.36 bits per heavy atom. The number of hydrogen-bond donors (Lipinski definition) is 2. The van der Waals surface area contributed by atoms with Gasteiger partial charge in [0.05, 0.1) is 7.11 Å². The van der Waals surface area contributed by atoms with E-state index in [1.54, 1.807) is 18.5 Å². The second-order valence-electron chi connectivity index (χ2n) is 6.80. The van der Waals surface area contributed by atoms with Gasteiger partial charge < -0.3 is 20.3 Å². The Kier molecular flexibility index (Phi) is 6.62. The third-order valence-corrected chi connectivity index (χ3v) is 4.82. The lowest BCUT2D eigenvalue weighted by Gasteiger charge is -2.34. The molecule has 1 fully saturated rings. The highest BCUT2D eigenvalue weighted by molar-refractivity contribution is 5.74. The molecule has 7 nitrogen and oxygen atoms in total. The maximum absolute atomic E-state index is 13.7. The maximum Gasteiger partial charge on any atom is 0.315 e. The van der Waals surface area contributed by atoms with E-state index < -0.39 is 5.82 Å². The van der Waals surface area contributed by atoms with Crippen molar-refractivity contribution in [3.8, 4) is 5.75 Å². The predicted octanol–water partition coefficient (Wildman–Crippen LogP) is 2.65. The van der Waals surface area contributed by atoms with Gasteiger partial charge in [0.1, 0.15) is 12.1 Å². The van der Waals surface area contributed by atoms with Gasteiger partial charge in [-0.05, 0) is 37.0 Å². The number of halogens is 1. The Morgan fingerprint density at radius 3 is 2.96 bits per heavy atom. The van der Waals surface area contributed by atoms with Crippen LogP contribution >= 0.6 is 0 Å². The first kappa shape index (κ1) is 19.9. The highest BCUT2D eigenvalue weighted by atomic mass is 19.1. The number of ether oxygens (including phenoxy) is 1. The molecule has 1 aromatic heterocycles. The second-order valence-corrected chi connectivity index (χ2v) is 6.80. The fraction of sp³-hybridized carbons (Fsp3) is 0.450. The van der Waals surface area contributed by atoms with Gasteiger partial charge in [-0.2, -0.15) is 0 Å². The number of amides is 2. The molecule has 0 saturated carbocycles. The molecule has 0 spiro atoms. The lowest BCUT2D eigenvalue weighted by molar-refractivity contribution is 0.234. The number of nitrogens with zero attached hydrogens (tertiary/aromatic N) is 3. The van der Waals surface area contributed by atoms with Crippen molar-refractivity contribution in [3.05, 3.63) is 47.7 Å². The molecule has 0 radical (unpaired) electrons. The van der Waals surface area contributed by atoms with Gasteiger partial charge >= 0.3 is 6.03 Å². The molecule has 2 aromatic rings. The zero-order chi connectivity index (χ0) is 19.9. The van der Waals surface area contributed by atoms with Crippen LogP contribution in [0.15, 0.2) is 30.6 Å². The minimum Gasteiger partial charge on any atom is -0.494 e. The van der Waals surface area contributed by atoms with Crippen LogP contribution < -0.4 is 20.3 Å². The minimum atomic E-state index is -0.443. The van der Waals surface area contributed by atoms with Crippen molar-refractivity contribution in [2.24, 2.45) is 0 Å². The summed E-state index contributed by atoms with van der Waals surface area (Å²) in [6.07, 6.45) is 4.33. The Bertz CT molecular complexity index is 817. The number of piperidine rings is 1. The molecule has 1 atom stereocenters. The topological polar surface area (TPSA) is 79.4 Å². The summed E-state index contributed by atoms with van der Waals surface area (Å²) in [5.41, 5.74) is 1.68. The van der Waals surface area contributed by atoms with Crippen LogP contribution in [-0.4, -0.2) is 42.2 Å². The molecule has 2 heterocycles. The number of methoxy groups -OCH3 is 1. The van der Waals surface area contributed by atoms with E-state index >= 15 is 0 Å². The van der Waals surface area contributed by atoms with Crippen molar-refractivity contribution in [2.45, 2.75) is 38.8 Å². The standard InChI is InChI=1S/C20H26FN5O2/c1-3-15-10-19(24-13-23-15)26-8-4-5-16(12-26)25-20(27)22-11-14-6-7-18(28-2)17(21)9-14/h6-7,9-10,13,16H,3-5,8,11-12H2,1-2H3,(H2,22,25,27). The second kappa shape index (κ2) is 9.34. The first-order valence-corrected chi connectivity index (χ1v) is 9.51. The van der Waals surface area contributed by atoms with E-state index in [0.29, 0.717) is 12.1 Å². The summed E-state index contributed by atoms with van der Waals surface area (Å²) < 4.78 is 18.6. The van der Waals surface area contributed by atoms with Gasteiger partial charge in [0.2, 0.25) is 0 Å². The third-order valence-electron chi connectivity index (χ3n) is 4.82. The van der Waals surface area contributed by atoms with Gasteiger partial charge in [-0.3, -0.25) is 0 Å². The van der Waals surface area contributed by atoms with E-state index in [4.69, 9.17) is 4.74 Å². The molecule has 3 rings (SSSR count). The molecule has 8 heteroatoms. The van der Waals surface area contributed by atoms with Gasteiger partial charge in [0.25, 0.3) is 0 Å². The van der Waals surface area contributed by atoms with Crippen LogP contribution in [0.2, 0.25) is 0 Å². The molecule has 1 aliphatic rings. The number of nitrogens with one attached hydrogen (secondary N) is 2. The fourth-order valence-electron chi connectivity index (χ4n) is 3.29. The summed E-state index contributed by atoms with van der Waals surface area (Å²) in [6.45, 7) is 3.91. The van der Waals surface area contributed by atoms with Crippen LogP contribution in [0, 0.1) is 5.82 Å². The highest BCUT2D eigenvalue weighted by Gasteiger charge is 2.22. The first-order chi connectivity index (χ1) is 13.6. The average molecular weight is 387 g/mol. The quantitative estimate of drug-likeness (QED) is 0.797. The van der Waals surface area contributed by atoms with Crippen LogP contribution in [0.5, 0.6) is 5.75 Å². The largest absolute Gasteiger partial charge is 0.494 e. The number of aryl methyl sites for hydroxylation is 1. The van der Waals surface area contributed by atoms with Crippen molar-refractivity contribution < 1.29 is 13.9 Å². The molecule has 0 aliphatic carbocycles. The van der Waals surface area contributed by atoms with Crippen molar-refractivity contribution in [2.75, 3.05) is 25.1 Å². The number of rotatable bonds is 6. The van der Waals surface area contributed by atoms with Gasteiger partial charge in [0, 0.05) is 37.4 Å². The van der Waals surface area contributed by atoms with Gasteiger partial charge in [-0.1, -0.05) is 13.0 Å². The molecular weight excluding hydrogens is 361 g/mol. The van der Waals surface area contributed by atoms with E-state index in [9.17, 15) is 9.18 Å². The lowest BCUT2D eigenvalue weighted by atomic mass is 10.1. The van der Waals surface area contributed by atoms with Crippen molar-refractivity contribution in [3.63, 3.8) is 0 Å². The Hall–Kier alpha value is -2.90. The van der Waals surface area contributed by atoms with Crippen molar-refractivity contribution in [1.82, 2.24) is 20.6 Å². The number of carbonyl (C=O) groups is 1. The van der Waals surface area contributed by atoms with Crippen LogP contribution in [0.1, 0.15) is 31.0 Å². The fourth-order valence-corrected chi connectivity index (χ4v) is 3.29. The highest BCUT2D eigenvalue weighted by Crippen LogP contribution is 2.19. The number of hydrogen-bond acceptors (Lipinski definition) is 5. The third kappa shape index (κ3) is 5.09. The number of aromatic nitrogens is 2. The average Bonchev–Trinajstić information content (AvgIpc) is 2.72. The number of urea groups is 1. The molecule has 0 bridgehead atoms. The summed E-state index contributed by atoms with van der Waals surface area (Å²) in [5.74, 6) is 0.639. The van der Waals surface area contributed by atoms with E-state index in [1.807, 2.05) is 6.07 Å². The smallest absolute Gasteiger partial charge is 0.315 e. The zero-order valence-corrected chi connectivity index (χ0v) is 16.2. The van der Waals surface area contributed by atoms with E-state index in [0.717, 1.165) is 37.3 Å². The number of benzene rings is 1. The van der Waals surface area contributed by atoms with Crippen molar-refractivity contribution in [1.29, 1.82) is 0 Å². The van der Waals surface area contributed by atoms with E-state index in [1.165, 1.54) is 13.2 Å².